The molecule has 126 valence electrons. The third-order valence-electron chi connectivity index (χ3n) is 3.96. The Kier molecular flexibility index (Phi) is 4.62. The van der Waals surface area contributed by atoms with Crippen LogP contribution in [0.1, 0.15) is 36.0 Å². The number of carboxylic acid groups (broad SMARTS) is 1. The van der Waals surface area contributed by atoms with E-state index in [0.29, 0.717) is 25.7 Å². The second kappa shape index (κ2) is 6.17. The maximum Gasteiger partial charge on any atom is 0.329 e. The van der Waals surface area contributed by atoms with Gasteiger partial charge in [0.25, 0.3) is 5.91 Å². The van der Waals surface area contributed by atoms with Gasteiger partial charge in [-0.1, -0.05) is 12.8 Å². The molecule has 1 fully saturated rings. The molecule has 23 heavy (non-hydrogen) atoms. The predicted octanol–water partition coefficient (Wildman–Crippen LogP) is 0.470. The number of sulfonamides is 1. The Labute approximate surface area is 133 Å². The second-order valence-electron chi connectivity index (χ2n) is 5.46. The number of primary sulfonamides is 1. The van der Waals surface area contributed by atoms with Crippen LogP contribution in [0.15, 0.2) is 23.1 Å². The lowest BCUT2D eigenvalue weighted by Crippen LogP contribution is -2.52. The maximum absolute atomic E-state index is 12.5. The smallest absolute Gasteiger partial charge is 0.329 e. The third kappa shape index (κ3) is 3.45. The topological polar surface area (TPSA) is 136 Å². The van der Waals surface area contributed by atoms with Gasteiger partial charge >= 0.3 is 5.97 Å². The average Bonchev–Trinajstić information content (AvgIpc) is 2.95. The summed E-state index contributed by atoms with van der Waals surface area (Å²) in [4.78, 5) is 23.7. The molecular weight excluding hydrogens is 324 g/mol. The first-order chi connectivity index (χ1) is 10.7. The monoisotopic (exact) mass is 342 g/mol. The van der Waals surface area contributed by atoms with E-state index in [1.165, 1.54) is 19.2 Å². The summed E-state index contributed by atoms with van der Waals surface area (Å²) in [6.07, 6.45) is 2.04. The highest BCUT2D eigenvalue weighted by Gasteiger charge is 2.43. The van der Waals surface area contributed by atoms with E-state index in [-0.39, 0.29) is 16.2 Å². The minimum atomic E-state index is -3.99. The van der Waals surface area contributed by atoms with Gasteiger partial charge in [-0.05, 0) is 31.0 Å². The average molecular weight is 342 g/mol. The highest BCUT2D eigenvalue weighted by atomic mass is 32.2. The molecule has 0 aliphatic heterocycles. The van der Waals surface area contributed by atoms with Gasteiger partial charge in [0.1, 0.15) is 11.3 Å². The fourth-order valence-corrected chi connectivity index (χ4v) is 3.24. The Morgan fingerprint density at radius 1 is 1.30 bits per heavy atom. The molecule has 0 atom stereocenters. The molecule has 0 radical (unpaired) electrons. The van der Waals surface area contributed by atoms with Crippen LogP contribution in [0.3, 0.4) is 0 Å². The molecule has 0 saturated heterocycles. The van der Waals surface area contributed by atoms with Gasteiger partial charge in [-0.15, -0.1) is 0 Å². The number of carbonyl (C=O) groups is 2. The largest absolute Gasteiger partial charge is 0.496 e. The van der Waals surface area contributed by atoms with Crippen molar-refractivity contribution in [2.75, 3.05) is 7.11 Å². The van der Waals surface area contributed by atoms with Gasteiger partial charge in [-0.2, -0.15) is 0 Å². The Hall–Kier alpha value is -2.13. The fraction of sp³-hybridized carbons (Fsp3) is 0.429. The molecule has 1 aromatic carbocycles. The summed E-state index contributed by atoms with van der Waals surface area (Å²) < 4.78 is 27.9. The molecule has 0 heterocycles. The molecule has 2 rings (SSSR count). The Morgan fingerprint density at radius 3 is 2.39 bits per heavy atom. The van der Waals surface area contributed by atoms with E-state index in [0.717, 1.165) is 6.07 Å². The van der Waals surface area contributed by atoms with Crippen molar-refractivity contribution in [3.63, 3.8) is 0 Å². The van der Waals surface area contributed by atoms with Crippen molar-refractivity contribution in [2.45, 2.75) is 36.1 Å². The molecule has 1 amide bonds. The number of hydrogen-bond donors (Lipinski definition) is 3. The Morgan fingerprint density at radius 2 is 1.91 bits per heavy atom. The second-order valence-corrected chi connectivity index (χ2v) is 7.02. The number of ether oxygens (including phenoxy) is 1. The number of rotatable bonds is 5. The highest BCUT2D eigenvalue weighted by Crippen LogP contribution is 2.31. The van der Waals surface area contributed by atoms with Crippen molar-refractivity contribution in [1.82, 2.24) is 5.32 Å². The lowest BCUT2D eigenvalue weighted by molar-refractivity contribution is -0.144. The van der Waals surface area contributed by atoms with Crippen molar-refractivity contribution < 1.29 is 27.9 Å². The summed E-state index contributed by atoms with van der Waals surface area (Å²) in [5.41, 5.74) is -1.41. The molecule has 1 aliphatic rings. The zero-order chi connectivity index (χ0) is 17.3. The van der Waals surface area contributed by atoms with Crippen LogP contribution < -0.4 is 15.2 Å². The van der Waals surface area contributed by atoms with Crippen molar-refractivity contribution >= 4 is 21.9 Å². The summed E-state index contributed by atoms with van der Waals surface area (Å²) in [7, 11) is -2.67. The summed E-state index contributed by atoms with van der Waals surface area (Å²) in [6, 6.07) is 3.60. The number of amides is 1. The number of nitrogens with one attached hydrogen (secondary N) is 1. The van der Waals surface area contributed by atoms with Gasteiger partial charge in [-0.3, -0.25) is 4.79 Å². The molecule has 1 aliphatic carbocycles. The van der Waals surface area contributed by atoms with E-state index >= 15 is 0 Å². The SMILES string of the molecule is COc1ccc(S(N)(=O)=O)cc1C(=O)NC1(C(=O)O)CCCC1. The molecule has 9 heteroatoms. The quantitative estimate of drug-likeness (QED) is 0.711. The van der Waals surface area contributed by atoms with Gasteiger partial charge in [0.15, 0.2) is 0 Å². The molecule has 4 N–H and O–H groups in total. The number of benzene rings is 1. The number of carboxylic acids is 1. The first-order valence-electron chi connectivity index (χ1n) is 6.96. The zero-order valence-corrected chi connectivity index (χ0v) is 13.4. The summed E-state index contributed by atoms with van der Waals surface area (Å²) in [6.45, 7) is 0. The number of methoxy groups -OCH3 is 1. The molecule has 0 aromatic heterocycles. The summed E-state index contributed by atoms with van der Waals surface area (Å²) >= 11 is 0. The van der Waals surface area contributed by atoms with Crippen LogP contribution in [0, 0.1) is 0 Å². The highest BCUT2D eigenvalue weighted by molar-refractivity contribution is 7.89. The molecule has 0 spiro atoms. The van der Waals surface area contributed by atoms with Crippen LogP contribution in [0.2, 0.25) is 0 Å². The van der Waals surface area contributed by atoms with E-state index < -0.39 is 27.4 Å². The van der Waals surface area contributed by atoms with Gasteiger partial charge in [-0.25, -0.2) is 18.4 Å². The molecule has 0 unspecified atom stereocenters. The molecule has 1 aromatic rings. The number of hydrogen-bond acceptors (Lipinski definition) is 5. The summed E-state index contributed by atoms with van der Waals surface area (Å²) in [5.74, 6) is -1.69. The molecule has 0 bridgehead atoms. The van der Waals surface area contributed by atoms with Gasteiger partial charge in [0, 0.05) is 0 Å². The minimum absolute atomic E-state index is 0.0773. The van der Waals surface area contributed by atoms with E-state index in [9.17, 15) is 23.1 Å². The fourth-order valence-electron chi connectivity index (χ4n) is 2.70. The normalized spacial score (nSPS) is 16.8. The van der Waals surface area contributed by atoms with Crippen LogP contribution in [-0.4, -0.2) is 38.0 Å². The molecule has 1 saturated carbocycles. The van der Waals surface area contributed by atoms with Crippen LogP contribution in [0.5, 0.6) is 5.75 Å². The first kappa shape index (κ1) is 17.2. The number of carbonyl (C=O) groups excluding carboxylic acids is 1. The number of nitrogens with two attached hydrogens (primary N) is 1. The van der Waals surface area contributed by atoms with Crippen LogP contribution in [0.4, 0.5) is 0 Å². The van der Waals surface area contributed by atoms with Gasteiger partial charge in [0.05, 0.1) is 17.6 Å². The van der Waals surface area contributed by atoms with Crippen molar-refractivity contribution in [3.8, 4) is 5.75 Å². The number of aliphatic carboxylic acids is 1. The van der Waals surface area contributed by atoms with E-state index in [4.69, 9.17) is 9.88 Å². The molecule has 8 nitrogen and oxygen atoms in total. The minimum Gasteiger partial charge on any atom is -0.496 e. The van der Waals surface area contributed by atoms with Crippen molar-refractivity contribution in [3.05, 3.63) is 23.8 Å². The van der Waals surface area contributed by atoms with Gasteiger partial charge < -0.3 is 15.2 Å². The van der Waals surface area contributed by atoms with Crippen molar-refractivity contribution in [1.29, 1.82) is 0 Å². The molecular formula is C14H18N2O6S. The van der Waals surface area contributed by atoms with Crippen LogP contribution in [-0.2, 0) is 14.8 Å². The zero-order valence-electron chi connectivity index (χ0n) is 12.5. The van der Waals surface area contributed by atoms with Crippen molar-refractivity contribution in [2.24, 2.45) is 5.14 Å². The van der Waals surface area contributed by atoms with Gasteiger partial charge in [0.2, 0.25) is 10.0 Å². The van der Waals surface area contributed by atoms with E-state index in [1.807, 2.05) is 0 Å². The first-order valence-corrected chi connectivity index (χ1v) is 8.51. The third-order valence-corrected chi connectivity index (χ3v) is 4.87. The van der Waals surface area contributed by atoms with E-state index in [1.54, 1.807) is 0 Å². The Balaban J connectivity index is 2.40. The lowest BCUT2D eigenvalue weighted by atomic mass is 9.97. The predicted molar refractivity (Wildman–Crippen MR) is 80.7 cm³/mol. The van der Waals surface area contributed by atoms with Crippen LogP contribution in [0.25, 0.3) is 0 Å². The van der Waals surface area contributed by atoms with E-state index in [2.05, 4.69) is 5.32 Å². The summed E-state index contributed by atoms with van der Waals surface area (Å²) in [5, 5.41) is 17.0. The Bertz CT molecular complexity index is 738. The standard InChI is InChI=1S/C14H18N2O6S/c1-22-11-5-4-9(23(15,20)21)8-10(11)12(17)16-14(13(18)19)6-2-3-7-14/h4-5,8H,2-3,6-7H2,1H3,(H,16,17)(H,18,19)(H2,15,20,21). The maximum atomic E-state index is 12.5. The van der Waals surface area contributed by atoms with Crippen LogP contribution >= 0.6 is 0 Å². The lowest BCUT2D eigenvalue weighted by Gasteiger charge is -2.25.